The van der Waals surface area contributed by atoms with Crippen LogP contribution in [0.4, 0.5) is 5.69 Å². The fraction of sp³-hybridized carbons (Fsp3) is 0.227. The lowest BCUT2D eigenvalue weighted by Crippen LogP contribution is -2.27. The van der Waals surface area contributed by atoms with Gasteiger partial charge in [-0.3, -0.25) is 0 Å². The Morgan fingerprint density at radius 3 is 2.55 bits per heavy atom. The standard InChI is InChI=1S/C22H23N3O3S/c1-16-7-10-22(24-14-16)28-19-11-12-25(15-19)20-9-8-18(13-21(20)29(23,26)27)17-5-3-2-4-6-17/h2-10,13-14,19H,11-12,15H2,1H3,(H2,23,26,27)/t19-/m1/s1. The summed E-state index contributed by atoms with van der Waals surface area (Å²) in [6.07, 6.45) is 2.48. The highest BCUT2D eigenvalue weighted by molar-refractivity contribution is 7.89. The number of anilines is 1. The summed E-state index contributed by atoms with van der Waals surface area (Å²) in [4.78, 5) is 6.42. The van der Waals surface area contributed by atoms with Crippen LogP contribution in [0.1, 0.15) is 12.0 Å². The van der Waals surface area contributed by atoms with Crippen molar-refractivity contribution in [2.45, 2.75) is 24.3 Å². The van der Waals surface area contributed by atoms with Gasteiger partial charge in [-0.05, 0) is 35.7 Å². The molecule has 2 aromatic carbocycles. The van der Waals surface area contributed by atoms with E-state index in [-0.39, 0.29) is 11.0 Å². The molecule has 0 spiro atoms. The summed E-state index contributed by atoms with van der Waals surface area (Å²) in [5.41, 5.74) is 3.43. The highest BCUT2D eigenvalue weighted by Crippen LogP contribution is 2.32. The Labute approximate surface area is 171 Å². The predicted molar refractivity (Wildman–Crippen MR) is 113 cm³/mol. The average molecular weight is 410 g/mol. The number of nitrogens with zero attached hydrogens (tertiary/aromatic N) is 2. The second kappa shape index (κ2) is 7.85. The molecule has 150 valence electrons. The van der Waals surface area contributed by atoms with Gasteiger partial charge in [0.2, 0.25) is 15.9 Å². The first-order chi connectivity index (χ1) is 13.9. The minimum atomic E-state index is -3.88. The van der Waals surface area contributed by atoms with Crippen LogP contribution in [0.25, 0.3) is 11.1 Å². The van der Waals surface area contributed by atoms with E-state index in [1.54, 1.807) is 12.3 Å². The molecule has 7 heteroatoms. The van der Waals surface area contributed by atoms with Gasteiger partial charge < -0.3 is 9.64 Å². The number of primary sulfonamides is 1. The van der Waals surface area contributed by atoms with Crippen LogP contribution in [-0.4, -0.2) is 32.6 Å². The first-order valence-electron chi connectivity index (χ1n) is 9.47. The number of aromatic nitrogens is 1. The van der Waals surface area contributed by atoms with Gasteiger partial charge in [0, 0.05) is 25.2 Å². The van der Waals surface area contributed by atoms with Gasteiger partial charge in [-0.1, -0.05) is 42.5 Å². The van der Waals surface area contributed by atoms with Crippen molar-refractivity contribution in [3.05, 3.63) is 72.4 Å². The molecule has 4 rings (SSSR count). The van der Waals surface area contributed by atoms with Crippen LogP contribution in [-0.2, 0) is 10.0 Å². The molecule has 2 N–H and O–H groups in total. The van der Waals surface area contributed by atoms with Crippen LogP contribution < -0.4 is 14.8 Å². The summed E-state index contributed by atoms with van der Waals surface area (Å²) >= 11 is 0. The zero-order chi connectivity index (χ0) is 20.4. The number of sulfonamides is 1. The molecular weight excluding hydrogens is 386 g/mol. The van der Waals surface area contributed by atoms with E-state index in [4.69, 9.17) is 9.88 Å². The molecule has 1 saturated heterocycles. The SMILES string of the molecule is Cc1ccc(O[C@@H]2CCN(c3ccc(-c4ccccc4)cc3S(N)(=O)=O)C2)nc1. The molecule has 0 amide bonds. The summed E-state index contributed by atoms with van der Waals surface area (Å²) in [5, 5.41) is 5.55. The minimum absolute atomic E-state index is 0.0627. The van der Waals surface area contributed by atoms with E-state index in [0.717, 1.165) is 23.1 Å². The molecule has 0 unspecified atom stereocenters. The van der Waals surface area contributed by atoms with Crippen molar-refractivity contribution in [2.75, 3.05) is 18.0 Å². The van der Waals surface area contributed by atoms with Crippen molar-refractivity contribution >= 4 is 15.7 Å². The third kappa shape index (κ3) is 4.41. The molecule has 6 nitrogen and oxygen atoms in total. The number of nitrogens with two attached hydrogens (primary N) is 1. The van der Waals surface area contributed by atoms with Crippen molar-refractivity contribution in [1.29, 1.82) is 0 Å². The molecule has 1 aliphatic heterocycles. The molecule has 0 bridgehead atoms. The van der Waals surface area contributed by atoms with E-state index in [2.05, 4.69) is 4.98 Å². The molecule has 1 aromatic heterocycles. The van der Waals surface area contributed by atoms with Crippen molar-refractivity contribution in [2.24, 2.45) is 5.14 Å². The fourth-order valence-electron chi connectivity index (χ4n) is 3.55. The number of hydrogen-bond acceptors (Lipinski definition) is 5. The van der Waals surface area contributed by atoms with E-state index in [1.165, 1.54) is 0 Å². The highest BCUT2D eigenvalue weighted by atomic mass is 32.2. The zero-order valence-electron chi connectivity index (χ0n) is 16.2. The van der Waals surface area contributed by atoms with E-state index in [0.29, 0.717) is 24.7 Å². The first kappa shape index (κ1) is 19.4. The molecule has 29 heavy (non-hydrogen) atoms. The molecule has 3 aromatic rings. The number of pyridine rings is 1. The normalized spacial score (nSPS) is 16.8. The summed E-state index contributed by atoms with van der Waals surface area (Å²) < 4.78 is 30.6. The van der Waals surface area contributed by atoms with Gasteiger partial charge in [-0.2, -0.15) is 0 Å². The topological polar surface area (TPSA) is 85.5 Å². The smallest absolute Gasteiger partial charge is 0.240 e. The third-order valence-electron chi connectivity index (χ3n) is 5.03. The Bertz CT molecular complexity index is 1100. The zero-order valence-corrected chi connectivity index (χ0v) is 17.0. The summed E-state index contributed by atoms with van der Waals surface area (Å²) in [5.74, 6) is 0.577. The Hall–Kier alpha value is -2.90. The number of rotatable bonds is 5. The van der Waals surface area contributed by atoms with Crippen LogP contribution in [0, 0.1) is 6.92 Å². The van der Waals surface area contributed by atoms with E-state index < -0.39 is 10.0 Å². The third-order valence-corrected chi connectivity index (χ3v) is 5.97. The number of benzene rings is 2. The van der Waals surface area contributed by atoms with Gasteiger partial charge in [0.05, 0.1) is 12.2 Å². The lowest BCUT2D eigenvalue weighted by molar-refractivity contribution is 0.216. The summed E-state index contributed by atoms with van der Waals surface area (Å²) in [6, 6.07) is 18.8. The van der Waals surface area contributed by atoms with Crippen LogP contribution >= 0.6 is 0 Å². The number of aryl methyl sites for hydroxylation is 1. The molecule has 0 aliphatic carbocycles. The minimum Gasteiger partial charge on any atom is -0.472 e. The van der Waals surface area contributed by atoms with Crippen LogP contribution in [0.3, 0.4) is 0 Å². The summed E-state index contributed by atoms with van der Waals surface area (Å²) in [7, 11) is -3.88. The largest absolute Gasteiger partial charge is 0.472 e. The molecule has 1 fully saturated rings. The van der Waals surface area contributed by atoms with Gasteiger partial charge in [0.15, 0.2) is 0 Å². The van der Waals surface area contributed by atoms with E-state index in [1.807, 2.05) is 66.4 Å². The molecule has 1 atom stereocenters. The van der Waals surface area contributed by atoms with E-state index in [9.17, 15) is 8.42 Å². The number of hydrogen-bond donors (Lipinski definition) is 1. The lowest BCUT2D eigenvalue weighted by atomic mass is 10.1. The van der Waals surface area contributed by atoms with Gasteiger partial charge in [0.25, 0.3) is 0 Å². The predicted octanol–water partition coefficient (Wildman–Crippen LogP) is 3.36. The fourth-order valence-corrected chi connectivity index (χ4v) is 4.33. The molecule has 0 radical (unpaired) electrons. The maximum Gasteiger partial charge on any atom is 0.240 e. The maximum atomic E-state index is 12.3. The van der Waals surface area contributed by atoms with Crippen LogP contribution in [0.2, 0.25) is 0 Å². The maximum absolute atomic E-state index is 12.3. The Morgan fingerprint density at radius 2 is 1.86 bits per heavy atom. The monoisotopic (exact) mass is 409 g/mol. The van der Waals surface area contributed by atoms with Gasteiger partial charge in [0.1, 0.15) is 11.0 Å². The molecule has 1 aliphatic rings. The van der Waals surface area contributed by atoms with Crippen molar-refractivity contribution in [3.63, 3.8) is 0 Å². The van der Waals surface area contributed by atoms with Gasteiger partial charge in [-0.15, -0.1) is 0 Å². The van der Waals surface area contributed by atoms with Crippen molar-refractivity contribution in [1.82, 2.24) is 4.98 Å². The first-order valence-corrected chi connectivity index (χ1v) is 11.0. The molecule has 0 saturated carbocycles. The van der Waals surface area contributed by atoms with Crippen molar-refractivity contribution < 1.29 is 13.2 Å². The summed E-state index contributed by atoms with van der Waals surface area (Å²) in [6.45, 7) is 3.23. The average Bonchev–Trinajstić information content (AvgIpc) is 3.18. The van der Waals surface area contributed by atoms with E-state index >= 15 is 0 Å². The van der Waals surface area contributed by atoms with Crippen LogP contribution in [0.15, 0.2) is 71.8 Å². The van der Waals surface area contributed by atoms with Crippen molar-refractivity contribution in [3.8, 4) is 17.0 Å². The second-order valence-corrected chi connectivity index (χ2v) is 8.77. The Morgan fingerprint density at radius 1 is 1.07 bits per heavy atom. The quantitative estimate of drug-likeness (QED) is 0.698. The lowest BCUT2D eigenvalue weighted by Gasteiger charge is -2.22. The molecule has 2 heterocycles. The number of ether oxygens (including phenoxy) is 1. The van der Waals surface area contributed by atoms with Gasteiger partial charge in [-0.25, -0.2) is 18.5 Å². The van der Waals surface area contributed by atoms with Crippen LogP contribution in [0.5, 0.6) is 5.88 Å². The highest BCUT2D eigenvalue weighted by Gasteiger charge is 2.28. The Balaban J connectivity index is 1.58. The van der Waals surface area contributed by atoms with Gasteiger partial charge >= 0.3 is 0 Å². The second-order valence-electron chi connectivity index (χ2n) is 7.24. The Kier molecular flexibility index (Phi) is 5.25. The molecular formula is C22H23N3O3S.